The van der Waals surface area contributed by atoms with Gasteiger partial charge in [-0.2, -0.15) is 0 Å². The van der Waals surface area contributed by atoms with Gasteiger partial charge < -0.3 is 26.0 Å². The van der Waals surface area contributed by atoms with E-state index in [2.05, 4.69) is 5.32 Å². The van der Waals surface area contributed by atoms with Crippen molar-refractivity contribution in [3.8, 4) is 11.5 Å². The van der Waals surface area contributed by atoms with Crippen molar-refractivity contribution in [1.82, 2.24) is 5.32 Å². The van der Waals surface area contributed by atoms with Crippen molar-refractivity contribution in [3.05, 3.63) is 23.8 Å². The van der Waals surface area contributed by atoms with Gasteiger partial charge >= 0.3 is 0 Å². The number of nitrogens with one attached hydrogen (secondary N) is 1. The van der Waals surface area contributed by atoms with Crippen LogP contribution in [0.15, 0.2) is 18.2 Å². The summed E-state index contributed by atoms with van der Waals surface area (Å²) < 4.78 is 5.27. The largest absolute Gasteiger partial charge is 0.504 e. The molecule has 1 aromatic carbocycles. The first-order chi connectivity index (χ1) is 10.1. The molecule has 1 amide bonds. The number of phenols is 2. The van der Waals surface area contributed by atoms with Crippen LogP contribution >= 0.6 is 0 Å². The average Bonchev–Trinajstić information content (AvgIpc) is 2.49. The molecule has 0 aliphatic carbocycles. The molecule has 1 heterocycles. The van der Waals surface area contributed by atoms with E-state index in [1.807, 2.05) is 0 Å². The number of aromatic hydroxyl groups is 2. The fourth-order valence-corrected chi connectivity index (χ4v) is 2.37. The van der Waals surface area contributed by atoms with Gasteiger partial charge in [-0.05, 0) is 42.9 Å². The van der Waals surface area contributed by atoms with Crippen LogP contribution in [0.3, 0.4) is 0 Å². The van der Waals surface area contributed by atoms with E-state index in [1.54, 1.807) is 6.07 Å². The summed E-state index contributed by atoms with van der Waals surface area (Å²) in [5.41, 5.74) is 6.58. The number of phenolic OH excluding ortho intramolecular Hbond substituents is 2. The van der Waals surface area contributed by atoms with Crippen molar-refractivity contribution in [1.29, 1.82) is 0 Å². The highest BCUT2D eigenvalue weighted by atomic mass is 16.5. The molecule has 0 radical (unpaired) electrons. The highest BCUT2D eigenvalue weighted by molar-refractivity contribution is 5.81. The third kappa shape index (κ3) is 4.61. The molecule has 1 aromatic rings. The first-order valence-corrected chi connectivity index (χ1v) is 7.18. The summed E-state index contributed by atoms with van der Waals surface area (Å²) in [4.78, 5) is 12.0. The Morgan fingerprint density at radius 2 is 2.05 bits per heavy atom. The number of carbonyl (C=O) groups is 1. The van der Waals surface area contributed by atoms with Crippen LogP contribution in [-0.4, -0.2) is 41.9 Å². The second kappa shape index (κ2) is 7.28. The minimum absolute atomic E-state index is 0.184. The van der Waals surface area contributed by atoms with E-state index in [-0.39, 0.29) is 17.4 Å². The topological polar surface area (TPSA) is 105 Å². The number of hydrogen-bond acceptors (Lipinski definition) is 5. The van der Waals surface area contributed by atoms with Gasteiger partial charge in [-0.1, -0.05) is 6.07 Å². The summed E-state index contributed by atoms with van der Waals surface area (Å²) in [7, 11) is 0. The fourth-order valence-electron chi connectivity index (χ4n) is 2.37. The van der Waals surface area contributed by atoms with Crippen LogP contribution in [0.4, 0.5) is 0 Å². The molecule has 1 atom stereocenters. The van der Waals surface area contributed by atoms with Gasteiger partial charge in [0.05, 0.1) is 6.04 Å². The highest BCUT2D eigenvalue weighted by Gasteiger charge is 2.18. The Morgan fingerprint density at radius 1 is 1.33 bits per heavy atom. The van der Waals surface area contributed by atoms with Crippen LogP contribution in [0, 0.1) is 5.92 Å². The molecule has 6 nitrogen and oxygen atoms in total. The maximum Gasteiger partial charge on any atom is 0.237 e. The monoisotopic (exact) mass is 294 g/mol. The Bertz CT molecular complexity index is 487. The lowest BCUT2D eigenvalue weighted by molar-refractivity contribution is -0.122. The molecule has 0 unspecified atom stereocenters. The van der Waals surface area contributed by atoms with E-state index in [0.29, 0.717) is 24.4 Å². The summed E-state index contributed by atoms with van der Waals surface area (Å²) in [5.74, 6) is -0.139. The molecule has 0 spiro atoms. The number of carbonyl (C=O) groups excluding carboxylic acids is 1. The molecule has 1 aliphatic heterocycles. The van der Waals surface area contributed by atoms with E-state index in [9.17, 15) is 15.0 Å². The quantitative estimate of drug-likeness (QED) is 0.592. The Morgan fingerprint density at radius 3 is 2.71 bits per heavy atom. The van der Waals surface area contributed by atoms with Gasteiger partial charge in [0, 0.05) is 19.8 Å². The number of ether oxygens (including phenoxy) is 1. The van der Waals surface area contributed by atoms with Crippen LogP contribution in [0.5, 0.6) is 11.5 Å². The number of hydrogen-bond donors (Lipinski definition) is 4. The van der Waals surface area contributed by atoms with Gasteiger partial charge in [0.2, 0.25) is 5.91 Å². The second-order valence-corrected chi connectivity index (χ2v) is 5.43. The first-order valence-electron chi connectivity index (χ1n) is 7.18. The molecule has 21 heavy (non-hydrogen) atoms. The van der Waals surface area contributed by atoms with E-state index >= 15 is 0 Å². The zero-order chi connectivity index (χ0) is 15.2. The summed E-state index contributed by atoms with van der Waals surface area (Å²) >= 11 is 0. The molecule has 0 bridgehead atoms. The third-order valence-electron chi connectivity index (χ3n) is 3.74. The van der Waals surface area contributed by atoms with E-state index in [1.165, 1.54) is 12.1 Å². The Hall–Kier alpha value is -1.79. The SMILES string of the molecule is N[C@@H](Cc1ccc(O)c(O)c1)C(=O)NCC1CCOCC1. The Kier molecular flexibility index (Phi) is 5.41. The molecule has 2 rings (SSSR count). The maximum atomic E-state index is 12.0. The third-order valence-corrected chi connectivity index (χ3v) is 3.74. The van der Waals surface area contributed by atoms with Crippen molar-refractivity contribution in [2.24, 2.45) is 11.7 Å². The smallest absolute Gasteiger partial charge is 0.237 e. The molecule has 1 fully saturated rings. The molecule has 1 saturated heterocycles. The van der Waals surface area contributed by atoms with Gasteiger partial charge in [0.1, 0.15) is 0 Å². The number of nitrogens with two attached hydrogens (primary N) is 1. The van der Waals surface area contributed by atoms with Crippen molar-refractivity contribution >= 4 is 5.91 Å². The maximum absolute atomic E-state index is 12.0. The van der Waals surface area contributed by atoms with E-state index in [4.69, 9.17) is 10.5 Å². The van der Waals surface area contributed by atoms with Crippen molar-refractivity contribution in [2.45, 2.75) is 25.3 Å². The van der Waals surface area contributed by atoms with E-state index in [0.717, 1.165) is 26.1 Å². The molecule has 0 aromatic heterocycles. The molecule has 6 heteroatoms. The Labute approximate surface area is 123 Å². The van der Waals surface area contributed by atoms with Gasteiger partial charge in [0.15, 0.2) is 11.5 Å². The van der Waals surface area contributed by atoms with Crippen LogP contribution in [-0.2, 0) is 16.0 Å². The zero-order valence-electron chi connectivity index (χ0n) is 11.9. The normalized spacial score (nSPS) is 17.4. The minimum Gasteiger partial charge on any atom is -0.504 e. The molecule has 5 N–H and O–H groups in total. The van der Waals surface area contributed by atoms with Gasteiger partial charge in [-0.25, -0.2) is 0 Å². The minimum atomic E-state index is -0.672. The van der Waals surface area contributed by atoms with Crippen molar-refractivity contribution < 1.29 is 19.7 Å². The lowest BCUT2D eigenvalue weighted by atomic mass is 10.00. The lowest BCUT2D eigenvalue weighted by Crippen LogP contribution is -2.44. The van der Waals surface area contributed by atoms with Crippen LogP contribution in [0.2, 0.25) is 0 Å². The summed E-state index contributed by atoms with van der Waals surface area (Å²) in [5, 5.41) is 21.5. The number of amides is 1. The first kappa shape index (κ1) is 15.6. The highest BCUT2D eigenvalue weighted by Crippen LogP contribution is 2.25. The van der Waals surface area contributed by atoms with Gasteiger partial charge in [-0.3, -0.25) is 4.79 Å². The van der Waals surface area contributed by atoms with Crippen molar-refractivity contribution in [2.75, 3.05) is 19.8 Å². The van der Waals surface area contributed by atoms with Crippen LogP contribution in [0.25, 0.3) is 0 Å². The summed E-state index contributed by atoms with van der Waals surface area (Å²) in [6, 6.07) is 3.77. The fraction of sp³-hybridized carbons (Fsp3) is 0.533. The van der Waals surface area contributed by atoms with Gasteiger partial charge in [0.25, 0.3) is 0 Å². The Balaban J connectivity index is 1.79. The number of benzene rings is 1. The molecule has 1 aliphatic rings. The van der Waals surface area contributed by atoms with Crippen LogP contribution in [0.1, 0.15) is 18.4 Å². The predicted octanol–water partition coefficient (Wildman–Crippen LogP) is 0.510. The summed E-state index contributed by atoms with van der Waals surface area (Å²) in [6.07, 6.45) is 2.23. The second-order valence-electron chi connectivity index (χ2n) is 5.43. The van der Waals surface area contributed by atoms with Crippen molar-refractivity contribution in [3.63, 3.8) is 0 Å². The van der Waals surface area contributed by atoms with Gasteiger partial charge in [-0.15, -0.1) is 0 Å². The summed E-state index contributed by atoms with van der Waals surface area (Å²) in [6.45, 7) is 2.12. The predicted molar refractivity (Wildman–Crippen MR) is 78.0 cm³/mol. The zero-order valence-corrected chi connectivity index (χ0v) is 11.9. The average molecular weight is 294 g/mol. The standard InChI is InChI=1S/C15H22N2O4/c16-12(7-11-1-2-13(18)14(19)8-11)15(20)17-9-10-3-5-21-6-4-10/h1-2,8,10,12,18-19H,3-7,9,16H2,(H,17,20)/t12-/m0/s1. The molecular weight excluding hydrogens is 272 g/mol. The van der Waals surface area contributed by atoms with E-state index < -0.39 is 6.04 Å². The molecule has 0 saturated carbocycles. The molecule has 116 valence electrons. The number of rotatable bonds is 5. The van der Waals surface area contributed by atoms with Crippen LogP contribution < -0.4 is 11.1 Å². The lowest BCUT2D eigenvalue weighted by Gasteiger charge is -2.23. The molecular formula is C15H22N2O4.